The van der Waals surface area contributed by atoms with Crippen molar-refractivity contribution in [3.8, 4) is 11.5 Å². The lowest BCUT2D eigenvalue weighted by atomic mass is 10.1. The van der Waals surface area contributed by atoms with Gasteiger partial charge in [0.05, 0.1) is 0 Å². The average molecular weight is 352 g/mol. The van der Waals surface area contributed by atoms with E-state index in [0.717, 1.165) is 10.8 Å². The molecule has 3 aromatic rings. The SMILES string of the molecule is O=C(COc1cccc2ccccc12)NC(=S)Nc1ccc(O)cc1. The van der Waals surface area contributed by atoms with E-state index in [1.165, 1.54) is 12.1 Å². The molecule has 0 aliphatic carbocycles. The second-order valence-electron chi connectivity index (χ2n) is 5.32. The summed E-state index contributed by atoms with van der Waals surface area (Å²) in [6.07, 6.45) is 0. The third-order valence-electron chi connectivity index (χ3n) is 3.49. The third kappa shape index (κ3) is 4.45. The number of amides is 1. The van der Waals surface area contributed by atoms with Gasteiger partial charge >= 0.3 is 0 Å². The van der Waals surface area contributed by atoms with Crippen LogP contribution >= 0.6 is 12.2 Å². The fourth-order valence-corrected chi connectivity index (χ4v) is 2.57. The zero-order chi connectivity index (χ0) is 17.6. The molecular formula is C19H16N2O3S. The van der Waals surface area contributed by atoms with E-state index < -0.39 is 0 Å². The molecule has 0 aliphatic rings. The number of phenols is 1. The highest BCUT2D eigenvalue weighted by Gasteiger charge is 2.08. The van der Waals surface area contributed by atoms with Crippen LogP contribution < -0.4 is 15.4 Å². The summed E-state index contributed by atoms with van der Waals surface area (Å²) in [5, 5.41) is 16.8. The van der Waals surface area contributed by atoms with E-state index in [-0.39, 0.29) is 23.4 Å². The number of carbonyl (C=O) groups excluding carboxylic acids is 1. The Balaban J connectivity index is 1.55. The van der Waals surface area contributed by atoms with E-state index in [1.807, 2.05) is 42.5 Å². The van der Waals surface area contributed by atoms with Gasteiger partial charge in [0, 0.05) is 11.1 Å². The molecule has 3 rings (SSSR count). The molecule has 3 aromatic carbocycles. The van der Waals surface area contributed by atoms with Crippen molar-refractivity contribution < 1.29 is 14.6 Å². The van der Waals surface area contributed by atoms with E-state index in [1.54, 1.807) is 12.1 Å². The van der Waals surface area contributed by atoms with Crippen LogP contribution in [0.4, 0.5) is 5.69 Å². The minimum Gasteiger partial charge on any atom is -0.508 e. The predicted octanol–water partition coefficient (Wildman–Crippen LogP) is 3.44. The zero-order valence-corrected chi connectivity index (χ0v) is 14.0. The van der Waals surface area contributed by atoms with Gasteiger partial charge in [-0.15, -0.1) is 0 Å². The number of phenolic OH excluding ortho intramolecular Hbond substituents is 1. The van der Waals surface area contributed by atoms with Crippen LogP contribution in [-0.4, -0.2) is 22.7 Å². The number of benzene rings is 3. The van der Waals surface area contributed by atoms with Gasteiger partial charge < -0.3 is 15.2 Å². The minimum absolute atomic E-state index is 0.147. The number of hydrogen-bond donors (Lipinski definition) is 3. The molecule has 126 valence electrons. The Labute approximate surface area is 150 Å². The lowest BCUT2D eigenvalue weighted by Gasteiger charge is -2.11. The molecule has 0 unspecified atom stereocenters. The van der Waals surface area contributed by atoms with Crippen LogP contribution in [0.2, 0.25) is 0 Å². The van der Waals surface area contributed by atoms with Crippen molar-refractivity contribution >= 4 is 39.7 Å². The van der Waals surface area contributed by atoms with E-state index >= 15 is 0 Å². The van der Waals surface area contributed by atoms with Crippen LogP contribution in [0.5, 0.6) is 11.5 Å². The molecule has 0 bridgehead atoms. The Bertz CT molecular complexity index is 905. The van der Waals surface area contributed by atoms with Crippen LogP contribution in [0.25, 0.3) is 10.8 Å². The highest BCUT2D eigenvalue weighted by atomic mass is 32.1. The molecule has 0 atom stereocenters. The predicted molar refractivity (Wildman–Crippen MR) is 102 cm³/mol. The van der Waals surface area contributed by atoms with E-state index in [4.69, 9.17) is 17.0 Å². The van der Waals surface area contributed by atoms with E-state index in [2.05, 4.69) is 10.6 Å². The quantitative estimate of drug-likeness (QED) is 0.496. The first-order chi connectivity index (χ1) is 12.1. The number of thiocarbonyl (C=S) groups is 1. The Morgan fingerprint density at radius 3 is 2.52 bits per heavy atom. The van der Waals surface area contributed by atoms with Crippen LogP contribution in [0.15, 0.2) is 66.7 Å². The van der Waals surface area contributed by atoms with Crippen molar-refractivity contribution in [2.24, 2.45) is 0 Å². The van der Waals surface area contributed by atoms with Crippen molar-refractivity contribution in [2.45, 2.75) is 0 Å². The third-order valence-corrected chi connectivity index (χ3v) is 3.69. The molecule has 0 saturated heterocycles. The first kappa shape index (κ1) is 16.7. The van der Waals surface area contributed by atoms with Gasteiger partial charge in [-0.25, -0.2) is 0 Å². The van der Waals surface area contributed by atoms with Crippen molar-refractivity contribution in [2.75, 3.05) is 11.9 Å². The molecule has 0 heterocycles. The summed E-state index contributed by atoms with van der Waals surface area (Å²) in [5.74, 6) is 0.443. The highest BCUT2D eigenvalue weighted by Crippen LogP contribution is 2.24. The summed E-state index contributed by atoms with van der Waals surface area (Å²) in [4.78, 5) is 12.0. The topological polar surface area (TPSA) is 70.6 Å². The number of rotatable bonds is 4. The first-order valence-electron chi connectivity index (χ1n) is 7.62. The van der Waals surface area contributed by atoms with Gasteiger partial charge in [-0.3, -0.25) is 10.1 Å². The smallest absolute Gasteiger partial charge is 0.264 e. The molecule has 0 saturated carbocycles. The summed E-state index contributed by atoms with van der Waals surface area (Å²) < 4.78 is 5.62. The summed E-state index contributed by atoms with van der Waals surface area (Å²) >= 11 is 5.09. The molecule has 6 heteroatoms. The van der Waals surface area contributed by atoms with Gasteiger partial charge in [0.25, 0.3) is 5.91 Å². The number of carbonyl (C=O) groups is 1. The molecule has 1 amide bonds. The number of nitrogens with one attached hydrogen (secondary N) is 2. The lowest BCUT2D eigenvalue weighted by molar-refractivity contribution is -0.121. The maximum Gasteiger partial charge on any atom is 0.264 e. The van der Waals surface area contributed by atoms with E-state index in [0.29, 0.717) is 11.4 Å². The second kappa shape index (κ2) is 7.63. The molecule has 5 nitrogen and oxygen atoms in total. The number of hydrogen-bond acceptors (Lipinski definition) is 4. The largest absolute Gasteiger partial charge is 0.508 e. The zero-order valence-electron chi connectivity index (χ0n) is 13.2. The van der Waals surface area contributed by atoms with Gasteiger partial charge in [0.1, 0.15) is 11.5 Å². The molecule has 3 N–H and O–H groups in total. The van der Waals surface area contributed by atoms with Crippen LogP contribution in [-0.2, 0) is 4.79 Å². The van der Waals surface area contributed by atoms with Crippen molar-refractivity contribution in [3.05, 3.63) is 66.7 Å². The number of anilines is 1. The number of ether oxygens (including phenoxy) is 1. The molecule has 25 heavy (non-hydrogen) atoms. The van der Waals surface area contributed by atoms with Gasteiger partial charge in [0.15, 0.2) is 11.7 Å². The summed E-state index contributed by atoms with van der Waals surface area (Å²) in [6.45, 7) is -0.147. The van der Waals surface area contributed by atoms with Crippen molar-refractivity contribution in [3.63, 3.8) is 0 Å². The van der Waals surface area contributed by atoms with Gasteiger partial charge in [-0.2, -0.15) is 0 Å². The normalized spacial score (nSPS) is 10.2. The maximum absolute atomic E-state index is 12.0. The highest BCUT2D eigenvalue weighted by molar-refractivity contribution is 7.80. The molecule has 0 spiro atoms. The summed E-state index contributed by atoms with van der Waals surface area (Å²) in [5.41, 5.74) is 0.665. The Morgan fingerprint density at radius 2 is 1.72 bits per heavy atom. The van der Waals surface area contributed by atoms with Crippen LogP contribution in [0.3, 0.4) is 0 Å². The lowest BCUT2D eigenvalue weighted by Crippen LogP contribution is -2.37. The Hall–Kier alpha value is -3.12. The average Bonchev–Trinajstić information content (AvgIpc) is 2.62. The Morgan fingerprint density at radius 1 is 1.00 bits per heavy atom. The van der Waals surface area contributed by atoms with Gasteiger partial charge in [0.2, 0.25) is 0 Å². The monoisotopic (exact) mass is 352 g/mol. The fraction of sp³-hybridized carbons (Fsp3) is 0.0526. The first-order valence-corrected chi connectivity index (χ1v) is 8.03. The second-order valence-corrected chi connectivity index (χ2v) is 5.72. The van der Waals surface area contributed by atoms with Crippen molar-refractivity contribution in [1.29, 1.82) is 0 Å². The Kier molecular flexibility index (Phi) is 5.11. The molecular weight excluding hydrogens is 336 g/mol. The maximum atomic E-state index is 12.0. The number of fused-ring (bicyclic) bond motifs is 1. The standard InChI is InChI=1S/C19H16N2O3S/c22-15-10-8-14(9-11-15)20-19(25)21-18(23)12-24-17-7-3-5-13-4-1-2-6-16(13)17/h1-11,22H,12H2,(H2,20,21,23,25). The molecule has 0 aliphatic heterocycles. The van der Waals surface area contributed by atoms with Crippen LogP contribution in [0, 0.1) is 0 Å². The minimum atomic E-state index is -0.357. The fourth-order valence-electron chi connectivity index (χ4n) is 2.33. The molecule has 0 aromatic heterocycles. The van der Waals surface area contributed by atoms with Crippen LogP contribution in [0.1, 0.15) is 0 Å². The van der Waals surface area contributed by atoms with Gasteiger partial charge in [-0.05, 0) is 47.9 Å². The van der Waals surface area contributed by atoms with E-state index in [9.17, 15) is 9.90 Å². The number of aromatic hydroxyl groups is 1. The summed E-state index contributed by atoms with van der Waals surface area (Å²) in [7, 11) is 0. The molecule has 0 radical (unpaired) electrons. The summed E-state index contributed by atoms with van der Waals surface area (Å²) in [6, 6.07) is 19.8. The van der Waals surface area contributed by atoms with Crippen molar-refractivity contribution in [1.82, 2.24) is 5.32 Å². The van der Waals surface area contributed by atoms with Gasteiger partial charge in [-0.1, -0.05) is 36.4 Å². The molecule has 0 fully saturated rings.